The summed E-state index contributed by atoms with van der Waals surface area (Å²) in [7, 11) is 1.62. The number of ether oxygens (including phenoxy) is 1. The van der Waals surface area contributed by atoms with Gasteiger partial charge in [0.15, 0.2) is 11.0 Å². The molecule has 0 bridgehead atoms. The van der Waals surface area contributed by atoms with E-state index in [1.165, 1.54) is 11.8 Å². The van der Waals surface area contributed by atoms with Crippen LogP contribution in [0.15, 0.2) is 59.8 Å². The Kier molecular flexibility index (Phi) is 7.46. The summed E-state index contributed by atoms with van der Waals surface area (Å²) in [5.41, 5.74) is 1.64. The summed E-state index contributed by atoms with van der Waals surface area (Å²) in [4.78, 5) is 14.6. The molecule has 1 heterocycles. The standard InChI is InChI=1S/C22H23N5O2S/c1-3-26-21(18-12-7-8-13-19(18)29-2)24-25-22(26)30-16-20(28)27(15-9-14-23)17-10-5-4-6-11-17/h4-8,10-13H,3,9,15-16H2,1-2H3. The number of hydrogen-bond acceptors (Lipinski definition) is 6. The molecule has 7 nitrogen and oxygen atoms in total. The van der Waals surface area contributed by atoms with Crippen LogP contribution in [0, 0.1) is 11.3 Å². The van der Waals surface area contributed by atoms with Gasteiger partial charge in [-0.05, 0) is 31.2 Å². The minimum absolute atomic E-state index is 0.0778. The third-order valence-corrected chi connectivity index (χ3v) is 5.47. The zero-order chi connectivity index (χ0) is 21.3. The number of benzene rings is 2. The van der Waals surface area contributed by atoms with Crippen LogP contribution in [-0.2, 0) is 11.3 Å². The Labute approximate surface area is 180 Å². The molecular formula is C22H23N5O2S. The van der Waals surface area contributed by atoms with Gasteiger partial charge in [0.1, 0.15) is 5.75 Å². The summed E-state index contributed by atoms with van der Waals surface area (Å²) >= 11 is 1.34. The van der Waals surface area contributed by atoms with Gasteiger partial charge >= 0.3 is 0 Å². The van der Waals surface area contributed by atoms with Crippen molar-refractivity contribution in [3.05, 3.63) is 54.6 Å². The fourth-order valence-corrected chi connectivity index (χ4v) is 3.96. The third kappa shape index (κ3) is 4.81. The number of carbonyl (C=O) groups excluding carboxylic acids is 1. The van der Waals surface area contributed by atoms with Crippen molar-refractivity contribution >= 4 is 23.4 Å². The SMILES string of the molecule is CCn1c(SCC(=O)N(CCC#N)c2ccccc2)nnc1-c1ccccc1OC. The number of para-hydroxylation sites is 2. The molecule has 0 aliphatic heterocycles. The second kappa shape index (κ2) is 10.5. The molecular weight excluding hydrogens is 398 g/mol. The van der Waals surface area contributed by atoms with E-state index in [1.807, 2.05) is 66.1 Å². The number of thioether (sulfide) groups is 1. The van der Waals surface area contributed by atoms with E-state index in [4.69, 9.17) is 10.00 Å². The van der Waals surface area contributed by atoms with Crippen molar-refractivity contribution in [1.82, 2.24) is 14.8 Å². The first kappa shape index (κ1) is 21.4. The maximum Gasteiger partial charge on any atom is 0.237 e. The molecule has 0 atom stereocenters. The molecule has 8 heteroatoms. The lowest BCUT2D eigenvalue weighted by Crippen LogP contribution is -2.33. The molecule has 0 aliphatic rings. The molecule has 0 aliphatic carbocycles. The van der Waals surface area contributed by atoms with Gasteiger partial charge in [-0.1, -0.05) is 42.1 Å². The summed E-state index contributed by atoms with van der Waals surface area (Å²) in [6.07, 6.45) is 0.272. The Morgan fingerprint density at radius 2 is 1.90 bits per heavy atom. The highest BCUT2D eigenvalue weighted by atomic mass is 32.2. The molecule has 0 radical (unpaired) electrons. The molecule has 154 valence electrons. The van der Waals surface area contributed by atoms with Crippen LogP contribution in [-0.4, -0.2) is 40.1 Å². The van der Waals surface area contributed by atoms with E-state index in [9.17, 15) is 4.79 Å². The maximum atomic E-state index is 12.9. The molecule has 0 N–H and O–H groups in total. The first-order chi connectivity index (χ1) is 14.7. The second-order valence-electron chi connectivity index (χ2n) is 6.33. The summed E-state index contributed by atoms with van der Waals surface area (Å²) in [5.74, 6) is 1.55. The van der Waals surface area contributed by atoms with Crippen LogP contribution in [0.2, 0.25) is 0 Å². The first-order valence-corrected chi connectivity index (χ1v) is 10.6. The number of amides is 1. The molecule has 0 unspecified atom stereocenters. The van der Waals surface area contributed by atoms with E-state index < -0.39 is 0 Å². The van der Waals surface area contributed by atoms with Crippen molar-refractivity contribution in [1.29, 1.82) is 5.26 Å². The zero-order valence-electron chi connectivity index (χ0n) is 17.0. The number of aromatic nitrogens is 3. The molecule has 0 saturated carbocycles. The number of methoxy groups -OCH3 is 1. The lowest BCUT2D eigenvalue weighted by molar-refractivity contribution is -0.116. The van der Waals surface area contributed by atoms with Crippen molar-refractivity contribution < 1.29 is 9.53 Å². The van der Waals surface area contributed by atoms with Crippen LogP contribution >= 0.6 is 11.8 Å². The fraction of sp³-hybridized carbons (Fsp3) is 0.273. The van der Waals surface area contributed by atoms with Crippen LogP contribution in [0.4, 0.5) is 5.69 Å². The van der Waals surface area contributed by atoms with Crippen LogP contribution in [0.1, 0.15) is 13.3 Å². The molecule has 0 spiro atoms. The molecule has 0 saturated heterocycles. The van der Waals surface area contributed by atoms with E-state index in [0.29, 0.717) is 24.1 Å². The predicted octanol–water partition coefficient (Wildman–Crippen LogP) is 4.01. The van der Waals surface area contributed by atoms with Gasteiger partial charge in [0.25, 0.3) is 0 Å². The van der Waals surface area contributed by atoms with E-state index in [1.54, 1.807) is 12.0 Å². The van der Waals surface area contributed by atoms with Gasteiger partial charge in [0.05, 0.1) is 30.9 Å². The number of rotatable bonds is 9. The number of anilines is 1. The van der Waals surface area contributed by atoms with Crippen molar-refractivity contribution in [3.8, 4) is 23.2 Å². The highest BCUT2D eigenvalue weighted by Gasteiger charge is 2.20. The number of nitrogens with zero attached hydrogens (tertiary/aromatic N) is 5. The first-order valence-electron chi connectivity index (χ1n) is 9.61. The highest BCUT2D eigenvalue weighted by Crippen LogP contribution is 2.31. The molecule has 3 rings (SSSR count). The minimum Gasteiger partial charge on any atom is -0.496 e. The summed E-state index contributed by atoms with van der Waals surface area (Å²) in [5, 5.41) is 18.3. The zero-order valence-corrected chi connectivity index (χ0v) is 17.8. The average Bonchev–Trinajstić information content (AvgIpc) is 3.21. The van der Waals surface area contributed by atoms with Crippen LogP contribution in [0.5, 0.6) is 5.75 Å². The lowest BCUT2D eigenvalue weighted by atomic mass is 10.2. The van der Waals surface area contributed by atoms with Gasteiger partial charge in [-0.2, -0.15) is 5.26 Å². The van der Waals surface area contributed by atoms with E-state index in [2.05, 4.69) is 16.3 Å². The summed E-state index contributed by atoms with van der Waals surface area (Å²) in [6, 6.07) is 19.2. The normalized spacial score (nSPS) is 10.4. The van der Waals surface area contributed by atoms with E-state index in [-0.39, 0.29) is 18.1 Å². The molecule has 30 heavy (non-hydrogen) atoms. The smallest absolute Gasteiger partial charge is 0.237 e. The van der Waals surface area contributed by atoms with E-state index >= 15 is 0 Å². The minimum atomic E-state index is -0.0778. The monoisotopic (exact) mass is 421 g/mol. The van der Waals surface area contributed by atoms with E-state index in [0.717, 1.165) is 17.0 Å². The van der Waals surface area contributed by atoms with Gasteiger partial charge in [0, 0.05) is 18.8 Å². The van der Waals surface area contributed by atoms with Crippen molar-refractivity contribution in [2.45, 2.75) is 25.0 Å². The van der Waals surface area contributed by atoms with Gasteiger partial charge < -0.3 is 14.2 Å². The molecule has 3 aromatic rings. The topological polar surface area (TPSA) is 84.0 Å². The van der Waals surface area contributed by atoms with Crippen LogP contribution in [0.3, 0.4) is 0 Å². The Hall–Kier alpha value is -3.31. The number of nitriles is 1. The number of carbonyl (C=O) groups is 1. The van der Waals surface area contributed by atoms with Crippen molar-refractivity contribution in [2.24, 2.45) is 0 Å². The Morgan fingerprint density at radius 3 is 2.60 bits per heavy atom. The molecule has 2 aromatic carbocycles. The largest absolute Gasteiger partial charge is 0.496 e. The van der Waals surface area contributed by atoms with Crippen molar-refractivity contribution in [3.63, 3.8) is 0 Å². The van der Waals surface area contributed by atoms with Gasteiger partial charge in [-0.25, -0.2) is 0 Å². The maximum absolute atomic E-state index is 12.9. The van der Waals surface area contributed by atoms with Gasteiger partial charge in [0.2, 0.25) is 5.91 Å². The fourth-order valence-electron chi connectivity index (χ4n) is 3.08. The summed E-state index contributed by atoms with van der Waals surface area (Å²) < 4.78 is 7.42. The molecule has 1 aromatic heterocycles. The van der Waals surface area contributed by atoms with Crippen LogP contribution < -0.4 is 9.64 Å². The van der Waals surface area contributed by atoms with Gasteiger partial charge in [-0.15, -0.1) is 10.2 Å². The summed E-state index contributed by atoms with van der Waals surface area (Å²) in [6.45, 7) is 3.03. The van der Waals surface area contributed by atoms with Crippen LogP contribution in [0.25, 0.3) is 11.4 Å². The Bertz CT molecular complexity index is 1030. The Balaban J connectivity index is 1.79. The quantitative estimate of drug-likeness (QED) is 0.485. The average molecular weight is 422 g/mol. The van der Waals surface area contributed by atoms with Gasteiger partial charge in [-0.3, -0.25) is 4.79 Å². The lowest BCUT2D eigenvalue weighted by Gasteiger charge is -2.21. The Morgan fingerprint density at radius 1 is 1.17 bits per heavy atom. The third-order valence-electron chi connectivity index (χ3n) is 4.52. The molecule has 0 fully saturated rings. The second-order valence-corrected chi connectivity index (χ2v) is 7.27. The molecule has 1 amide bonds. The highest BCUT2D eigenvalue weighted by molar-refractivity contribution is 7.99. The number of hydrogen-bond donors (Lipinski definition) is 0. The predicted molar refractivity (Wildman–Crippen MR) is 117 cm³/mol. The van der Waals surface area contributed by atoms with Crippen molar-refractivity contribution in [2.75, 3.05) is 24.3 Å².